The number of nitrogens with zero attached hydrogens (tertiary/aromatic N) is 6. The third-order valence-electron chi connectivity index (χ3n) is 4.63. The quantitative estimate of drug-likeness (QED) is 0.326. The van der Waals surface area contributed by atoms with Crippen molar-refractivity contribution in [3.05, 3.63) is 66.9 Å². The zero-order valence-electron chi connectivity index (χ0n) is 16.2. The smallest absolute Gasteiger partial charge is 0.213 e. The third kappa shape index (κ3) is 5.43. The molecule has 9 heteroatoms. The van der Waals surface area contributed by atoms with Crippen molar-refractivity contribution in [1.29, 1.82) is 0 Å². The third-order valence-corrected chi connectivity index (χ3v) is 4.63. The first-order chi connectivity index (χ1) is 13.8. The van der Waals surface area contributed by atoms with Crippen molar-refractivity contribution in [3.8, 4) is 11.6 Å². The van der Waals surface area contributed by atoms with E-state index in [1.54, 1.807) is 24.3 Å². The highest BCUT2D eigenvalue weighted by molar-refractivity contribution is 14.0. The minimum absolute atomic E-state index is 0. The van der Waals surface area contributed by atoms with E-state index in [9.17, 15) is 0 Å². The largest absolute Gasteiger partial charge is 0.472 e. The lowest BCUT2D eigenvalue weighted by atomic mass is 10.2. The van der Waals surface area contributed by atoms with Gasteiger partial charge in [0.25, 0.3) is 0 Å². The van der Waals surface area contributed by atoms with Gasteiger partial charge in [0.2, 0.25) is 5.88 Å². The van der Waals surface area contributed by atoms with E-state index >= 15 is 0 Å². The molecular formula is C20H24IN7O. The summed E-state index contributed by atoms with van der Waals surface area (Å²) < 4.78 is 7.72. The van der Waals surface area contributed by atoms with Crippen LogP contribution < -0.4 is 10.1 Å². The molecule has 4 rings (SSSR count). The lowest BCUT2D eigenvalue weighted by Gasteiger charge is -2.21. The van der Waals surface area contributed by atoms with Crippen LogP contribution in [0.1, 0.15) is 12.0 Å². The van der Waals surface area contributed by atoms with E-state index in [2.05, 4.69) is 42.4 Å². The molecule has 1 unspecified atom stereocenters. The van der Waals surface area contributed by atoms with Gasteiger partial charge in [-0.3, -0.25) is 4.99 Å². The molecule has 0 amide bonds. The van der Waals surface area contributed by atoms with Gasteiger partial charge in [-0.1, -0.05) is 18.2 Å². The van der Waals surface area contributed by atoms with Gasteiger partial charge in [-0.2, -0.15) is 5.10 Å². The average molecular weight is 505 g/mol. The van der Waals surface area contributed by atoms with Crippen molar-refractivity contribution in [2.24, 2.45) is 4.99 Å². The standard InChI is InChI=1S/C20H23N7O.HI/c1-21-20(26-10-8-18(13-26)28-19-7-2-3-9-23-19)24-12-16-5-4-6-17(11-16)27-15-22-14-25-27;/h2-7,9,11,14-15,18H,8,10,12-13H2,1H3,(H,21,24);1H. The molecule has 3 heterocycles. The molecule has 1 saturated heterocycles. The molecule has 1 aromatic carbocycles. The fraction of sp³-hybridized carbons (Fsp3) is 0.300. The first-order valence-corrected chi connectivity index (χ1v) is 9.29. The van der Waals surface area contributed by atoms with Crippen LogP contribution in [0.5, 0.6) is 5.88 Å². The number of likely N-dealkylation sites (tertiary alicyclic amines) is 1. The highest BCUT2D eigenvalue weighted by Gasteiger charge is 2.26. The SMILES string of the molecule is CN=C(NCc1cccc(-n2cncn2)c1)N1CCC(Oc2ccccn2)C1.I. The van der Waals surface area contributed by atoms with Gasteiger partial charge in [0.05, 0.1) is 12.2 Å². The summed E-state index contributed by atoms with van der Waals surface area (Å²) in [6.07, 6.45) is 6.03. The average Bonchev–Trinajstić information content (AvgIpc) is 3.42. The summed E-state index contributed by atoms with van der Waals surface area (Å²) in [5.41, 5.74) is 2.13. The van der Waals surface area contributed by atoms with Crippen LogP contribution >= 0.6 is 24.0 Å². The Morgan fingerprint density at radius 2 is 2.21 bits per heavy atom. The minimum atomic E-state index is 0. The Morgan fingerprint density at radius 3 is 2.97 bits per heavy atom. The first kappa shape index (κ1) is 21.0. The van der Waals surface area contributed by atoms with Crippen molar-refractivity contribution in [3.63, 3.8) is 0 Å². The van der Waals surface area contributed by atoms with Crippen molar-refractivity contribution >= 4 is 29.9 Å². The second-order valence-electron chi connectivity index (χ2n) is 6.55. The number of aromatic nitrogens is 4. The van der Waals surface area contributed by atoms with Gasteiger partial charge in [-0.25, -0.2) is 14.6 Å². The molecular weight excluding hydrogens is 481 g/mol. The normalized spacial score (nSPS) is 16.4. The minimum Gasteiger partial charge on any atom is -0.472 e. The van der Waals surface area contributed by atoms with Gasteiger partial charge < -0.3 is 15.0 Å². The second kappa shape index (κ2) is 10.2. The number of hydrogen-bond donors (Lipinski definition) is 1. The molecule has 2 aromatic heterocycles. The number of benzene rings is 1. The Balaban J connectivity index is 0.00000240. The van der Waals surface area contributed by atoms with Gasteiger partial charge in [-0.15, -0.1) is 24.0 Å². The van der Waals surface area contributed by atoms with Crippen LogP contribution in [0.3, 0.4) is 0 Å². The lowest BCUT2D eigenvalue weighted by molar-refractivity contribution is 0.205. The van der Waals surface area contributed by atoms with Crippen LogP contribution in [-0.4, -0.2) is 56.8 Å². The van der Waals surface area contributed by atoms with Crippen molar-refractivity contribution < 1.29 is 4.74 Å². The fourth-order valence-electron chi connectivity index (χ4n) is 3.27. The van der Waals surface area contributed by atoms with Gasteiger partial charge in [0, 0.05) is 38.8 Å². The number of nitrogens with one attached hydrogen (secondary N) is 1. The molecule has 1 aliphatic heterocycles. The maximum atomic E-state index is 5.97. The number of halogens is 1. The van der Waals surface area contributed by atoms with Gasteiger partial charge >= 0.3 is 0 Å². The van der Waals surface area contributed by atoms with Gasteiger partial charge in [0.15, 0.2) is 5.96 Å². The predicted molar refractivity (Wildman–Crippen MR) is 122 cm³/mol. The molecule has 1 fully saturated rings. The monoisotopic (exact) mass is 505 g/mol. The molecule has 152 valence electrons. The molecule has 29 heavy (non-hydrogen) atoms. The maximum absolute atomic E-state index is 5.97. The first-order valence-electron chi connectivity index (χ1n) is 9.29. The molecule has 0 radical (unpaired) electrons. The van der Waals surface area contributed by atoms with Gasteiger partial charge in [0.1, 0.15) is 18.8 Å². The molecule has 0 spiro atoms. The predicted octanol–water partition coefficient (Wildman–Crippen LogP) is 2.51. The number of hydrogen-bond acceptors (Lipinski definition) is 5. The number of guanidine groups is 1. The van der Waals surface area contributed by atoms with Crippen LogP contribution in [-0.2, 0) is 6.54 Å². The molecule has 1 atom stereocenters. The zero-order valence-corrected chi connectivity index (χ0v) is 18.5. The number of rotatable bonds is 5. The van der Waals surface area contributed by atoms with E-state index in [-0.39, 0.29) is 30.1 Å². The molecule has 3 aromatic rings. The Hall–Kier alpha value is -2.69. The topological polar surface area (TPSA) is 80.5 Å². The summed E-state index contributed by atoms with van der Waals surface area (Å²) in [4.78, 5) is 14.9. The van der Waals surface area contributed by atoms with Crippen LogP contribution in [0.4, 0.5) is 0 Å². The Bertz CT molecular complexity index is 918. The summed E-state index contributed by atoms with van der Waals surface area (Å²) in [5.74, 6) is 1.54. The highest BCUT2D eigenvalue weighted by atomic mass is 127. The van der Waals surface area contributed by atoms with E-state index in [1.165, 1.54) is 6.33 Å². The van der Waals surface area contributed by atoms with E-state index in [4.69, 9.17) is 4.74 Å². The Labute approximate surface area is 187 Å². The summed E-state index contributed by atoms with van der Waals surface area (Å²) >= 11 is 0. The van der Waals surface area contributed by atoms with Crippen LogP contribution in [0, 0.1) is 0 Å². The Kier molecular flexibility index (Phi) is 7.39. The highest BCUT2D eigenvalue weighted by Crippen LogP contribution is 2.16. The van der Waals surface area contributed by atoms with E-state index in [0.717, 1.165) is 36.7 Å². The van der Waals surface area contributed by atoms with Crippen LogP contribution in [0.25, 0.3) is 5.69 Å². The summed E-state index contributed by atoms with van der Waals surface area (Å²) in [7, 11) is 1.81. The number of pyridine rings is 1. The molecule has 8 nitrogen and oxygen atoms in total. The molecule has 1 N–H and O–H groups in total. The van der Waals surface area contributed by atoms with Crippen LogP contribution in [0.2, 0.25) is 0 Å². The van der Waals surface area contributed by atoms with E-state index in [1.807, 2.05) is 30.3 Å². The summed E-state index contributed by atoms with van der Waals surface area (Å²) in [5, 5.41) is 7.62. The molecule has 0 aliphatic carbocycles. The molecule has 0 bridgehead atoms. The summed E-state index contributed by atoms with van der Waals surface area (Å²) in [6, 6.07) is 13.9. The maximum Gasteiger partial charge on any atom is 0.213 e. The van der Waals surface area contributed by atoms with Crippen molar-refractivity contribution in [2.45, 2.75) is 19.1 Å². The zero-order chi connectivity index (χ0) is 19.2. The fourth-order valence-corrected chi connectivity index (χ4v) is 3.27. The number of aliphatic imine (C=N–C) groups is 1. The van der Waals surface area contributed by atoms with Crippen LogP contribution in [0.15, 0.2) is 66.3 Å². The number of ether oxygens (including phenoxy) is 1. The Morgan fingerprint density at radius 1 is 1.28 bits per heavy atom. The van der Waals surface area contributed by atoms with Crippen molar-refractivity contribution in [1.82, 2.24) is 30.0 Å². The van der Waals surface area contributed by atoms with E-state index < -0.39 is 0 Å². The molecule has 1 aliphatic rings. The lowest BCUT2D eigenvalue weighted by Crippen LogP contribution is -2.40. The second-order valence-corrected chi connectivity index (χ2v) is 6.55. The van der Waals surface area contributed by atoms with Gasteiger partial charge in [-0.05, 0) is 23.8 Å². The summed E-state index contributed by atoms with van der Waals surface area (Å²) in [6.45, 7) is 2.36. The van der Waals surface area contributed by atoms with Crippen molar-refractivity contribution in [2.75, 3.05) is 20.1 Å². The molecule has 0 saturated carbocycles. The van der Waals surface area contributed by atoms with E-state index in [0.29, 0.717) is 12.4 Å².